The van der Waals surface area contributed by atoms with E-state index in [1.807, 2.05) is 0 Å². The van der Waals surface area contributed by atoms with E-state index in [4.69, 9.17) is 23.2 Å². The van der Waals surface area contributed by atoms with Gasteiger partial charge in [-0.2, -0.15) is 0 Å². The quantitative estimate of drug-likeness (QED) is 0.795. The molecule has 3 nitrogen and oxygen atoms in total. The molecule has 2 aromatic carbocycles. The van der Waals surface area contributed by atoms with Gasteiger partial charge in [-0.05, 0) is 35.9 Å². The van der Waals surface area contributed by atoms with Crippen molar-refractivity contribution in [2.45, 2.75) is 4.90 Å². The summed E-state index contributed by atoms with van der Waals surface area (Å²) in [7, 11) is -3.18. The highest BCUT2D eigenvalue weighted by molar-refractivity contribution is 7.90. The maximum atomic E-state index is 11.3. The number of hydrogen-bond acceptors (Lipinski definition) is 3. The minimum absolute atomic E-state index is 0.278. The number of sulfone groups is 1. The summed E-state index contributed by atoms with van der Waals surface area (Å²) >= 11 is 11.8. The third kappa shape index (κ3) is 4.07. The normalized spacial score (nSPS) is 11.9. The van der Waals surface area contributed by atoms with Gasteiger partial charge in [-0.25, -0.2) is 8.42 Å². The third-order valence-corrected chi connectivity index (χ3v) is 4.08. The highest BCUT2D eigenvalue weighted by Crippen LogP contribution is 2.24. The summed E-state index contributed by atoms with van der Waals surface area (Å²) in [6.07, 6.45) is 2.79. The average Bonchev–Trinajstić information content (AvgIpc) is 2.35. The first-order valence-corrected chi connectivity index (χ1v) is 8.29. The fourth-order valence-corrected chi connectivity index (χ4v) is 2.71. The zero-order valence-corrected chi connectivity index (χ0v) is 12.9. The zero-order valence-electron chi connectivity index (χ0n) is 10.5. The lowest BCUT2D eigenvalue weighted by molar-refractivity contribution is 0.602. The van der Waals surface area contributed by atoms with Gasteiger partial charge >= 0.3 is 0 Å². The molecule has 0 saturated carbocycles. The van der Waals surface area contributed by atoms with Gasteiger partial charge in [0.05, 0.1) is 10.6 Å². The smallest absolute Gasteiger partial charge is 0.175 e. The van der Waals surface area contributed by atoms with E-state index in [-0.39, 0.29) is 4.90 Å². The van der Waals surface area contributed by atoms with E-state index in [0.29, 0.717) is 15.7 Å². The van der Waals surface area contributed by atoms with Crippen LogP contribution in [0, 0.1) is 0 Å². The van der Waals surface area contributed by atoms with Crippen molar-refractivity contribution >= 4 is 44.9 Å². The van der Waals surface area contributed by atoms with Gasteiger partial charge < -0.3 is 0 Å². The second-order valence-electron chi connectivity index (χ2n) is 4.23. The lowest BCUT2D eigenvalue weighted by Crippen LogP contribution is -1.96. The van der Waals surface area contributed by atoms with E-state index in [9.17, 15) is 8.42 Å². The summed E-state index contributed by atoms with van der Waals surface area (Å²) in [6.45, 7) is 0. The van der Waals surface area contributed by atoms with E-state index in [2.05, 4.69) is 4.99 Å². The Bertz CT molecular complexity index is 733. The Morgan fingerprint density at radius 2 is 1.55 bits per heavy atom. The zero-order chi connectivity index (χ0) is 14.8. The monoisotopic (exact) mass is 327 g/mol. The highest BCUT2D eigenvalue weighted by atomic mass is 35.5. The second kappa shape index (κ2) is 5.95. The SMILES string of the molecule is CS(=O)(=O)c1ccc(/C=N/c2cc(Cl)cc(Cl)c2)cc1. The molecule has 0 spiro atoms. The lowest BCUT2D eigenvalue weighted by Gasteiger charge is -1.99. The molecule has 0 unspecified atom stereocenters. The van der Waals surface area contributed by atoms with Crippen molar-refractivity contribution in [3.8, 4) is 0 Å². The molecular formula is C14H11Cl2NO2S. The minimum Gasteiger partial charge on any atom is -0.256 e. The fourth-order valence-electron chi connectivity index (χ4n) is 1.56. The molecule has 0 N–H and O–H groups in total. The molecule has 104 valence electrons. The maximum Gasteiger partial charge on any atom is 0.175 e. The second-order valence-corrected chi connectivity index (χ2v) is 7.12. The Balaban J connectivity index is 2.23. The van der Waals surface area contributed by atoms with Gasteiger partial charge in [0.15, 0.2) is 9.84 Å². The Labute approximate surface area is 127 Å². The van der Waals surface area contributed by atoms with Crippen LogP contribution in [0.1, 0.15) is 5.56 Å². The van der Waals surface area contributed by atoms with Crippen LogP contribution in [0.25, 0.3) is 0 Å². The van der Waals surface area contributed by atoms with Gasteiger partial charge in [-0.1, -0.05) is 35.3 Å². The molecule has 0 aliphatic heterocycles. The molecule has 0 bridgehead atoms. The van der Waals surface area contributed by atoms with Crippen molar-refractivity contribution in [2.75, 3.05) is 6.26 Å². The summed E-state index contributed by atoms with van der Waals surface area (Å²) in [6, 6.07) is 11.5. The molecular weight excluding hydrogens is 317 g/mol. The van der Waals surface area contributed by atoms with Crippen LogP contribution < -0.4 is 0 Å². The Morgan fingerprint density at radius 1 is 1.00 bits per heavy atom. The van der Waals surface area contributed by atoms with Crippen molar-refractivity contribution in [2.24, 2.45) is 4.99 Å². The standard InChI is InChI=1S/C14H11Cl2NO2S/c1-20(18,19)14-4-2-10(3-5-14)9-17-13-7-11(15)6-12(16)8-13/h2-9H,1H3/b17-9+. The van der Waals surface area contributed by atoms with Crippen molar-refractivity contribution in [1.82, 2.24) is 0 Å². The lowest BCUT2D eigenvalue weighted by atomic mass is 10.2. The first-order chi connectivity index (χ1) is 9.34. The number of hydrogen-bond donors (Lipinski definition) is 0. The van der Waals surface area contributed by atoms with Crippen LogP contribution in [0.2, 0.25) is 10.0 Å². The van der Waals surface area contributed by atoms with Gasteiger partial charge in [0, 0.05) is 22.5 Å². The van der Waals surface area contributed by atoms with Gasteiger partial charge in [-0.3, -0.25) is 4.99 Å². The highest BCUT2D eigenvalue weighted by Gasteiger charge is 2.05. The third-order valence-electron chi connectivity index (χ3n) is 2.52. The first-order valence-electron chi connectivity index (χ1n) is 5.65. The van der Waals surface area contributed by atoms with Gasteiger partial charge in [0.1, 0.15) is 0 Å². The van der Waals surface area contributed by atoms with E-state index in [1.165, 1.54) is 6.26 Å². The van der Waals surface area contributed by atoms with Crippen LogP contribution in [-0.2, 0) is 9.84 Å². The Kier molecular flexibility index (Phi) is 4.48. The first kappa shape index (κ1) is 15.0. The summed E-state index contributed by atoms with van der Waals surface area (Å²) in [4.78, 5) is 4.52. The summed E-state index contributed by atoms with van der Waals surface area (Å²) < 4.78 is 22.7. The maximum absolute atomic E-state index is 11.3. The van der Waals surface area contributed by atoms with E-state index in [0.717, 1.165) is 5.56 Å². The van der Waals surface area contributed by atoms with E-state index in [1.54, 1.807) is 48.7 Å². The minimum atomic E-state index is -3.18. The molecule has 2 rings (SSSR count). The van der Waals surface area contributed by atoms with Gasteiger partial charge in [0.2, 0.25) is 0 Å². The number of rotatable bonds is 3. The van der Waals surface area contributed by atoms with Crippen LogP contribution in [-0.4, -0.2) is 20.9 Å². The van der Waals surface area contributed by atoms with Crippen molar-refractivity contribution in [1.29, 1.82) is 0 Å². The Morgan fingerprint density at radius 3 is 2.05 bits per heavy atom. The molecule has 0 radical (unpaired) electrons. The van der Waals surface area contributed by atoms with Crippen molar-refractivity contribution < 1.29 is 8.42 Å². The molecule has 0 aliphatic carbocycles. The molecule has 2 aromatic rings. The predicted molar refractivity (Wildman–Crippen MR) is 83.3 cm³/mol. The summed E-state index contributed by atoms with van der Waals surface area (Å²) in [5.41, 5.74) is 1.42. The molecule has 0 fully saturated rings. The molecule has 0 heterocycles. The number of benzene rings is 2. The molecule has 0 aliphatic rings. The van der Waals surface area contributed by atoms with Crippen LogP contribution in [0.5, 0.6) is 0 Å². The molecule has 20 heavy (non-hydrogen) atoms. The molecule has 0 aromatic heterocycles. The van der Waals surface area contributed by atoms with E-state index < -0.39 is 9.84 Å². The van der Waals surface area contributed by atoms with Crippen LogP contribution in [0.3, 0.4) is 0 Å². The predicted octanol–water partition coefficient (Wildman–Crippen LogP) is 4.15. The Hall–Kier alpha value is -1.36. The van der Waals surface area contributed by atoms with Gasteiger partial charge in [-0.15, -0.1) is 0 Å². The fraction of sp³-hybridized carbons (Fsp3) is 0.0714. The van der Waals surface area contributed by atoms with E-state index >= 15 is 0 Å². The number of halogens is 2. The molecule has 0 atom stereocenters. The van der Waals surface area contributed by atoms with Crippen LogP contribution >= 0.6 is 23.2 Å². The van der Waals surface area contributed by atoms with Crippen LogP contribution in [0.4, 0.5) is 5.69 Å². The largest absolute Gasteiger partial charge is 0.256 e. The molecule has 0 saturated heterocycles. The van der Waals surface area contributed by atoms with Crippen molar-refractivity contribution in [3.63, 3.8) is 0 Å². The topological polar surface area (TPSA) is 46.5 Å². The molecule has 6 heteroatoms. The van der Waals surface area contributed by atoms with Gasteiger partial charge in [0.25, 0.3) is 0 Å². The average molecular weight is 328 g/mol. The van der Waals surface area contributed by atoms with Crippen molar-refractivity contribution in [3.05, 3.63) is 58.1 Å². The van der Waals surface area contributed by atoms with Crippen LogP contribution in [0.15, 0.2) is 52.4 Å². The molecule has 0 amide bonds. The summed E-state index contributed by atoms with van der Waals surface area (Å²) in [5, 5.41) is 1.02. The number of nitrogens with zero attached hydrogens (tertiary/aromatic N) is 1. The number of aliphatic imine (C=N–C) groups is 1. The summed E-state index contributed by atoms with van der Waals surface area (Å²) in [5.74, 6) is 0.